The largest absolute Gasteiger partial charge is 0.492 e. The van der Waals surface area contributed by atoms with Crippen LogP contribution in [0, 0.1) is 0 Å². The first-order chi connectivity index (χ1) is 10.3. The van der Waals surface area contributed by atoms with Crippen molar-refractivity contribution in [1.82, 2.24) is 5.32 Å². The molecule has 0 atom stereocenters. The van der Waals surface area contributed by atoms with E-state index in [1.807, 2.05) is 18.2 Å². The molecule has 0 saturated heterocycles. The van der Waals surface area contributed by atoms with Gasteiger partial charge in [0.25, 0.3) is 0 Å². The zero-order valence-corrected chi connectivity index (χ0v) is 13.7. The molecule has 0 fully saturated rings. The number of rotatable bonds is 9. The Morgan fingerprint density at radius 2 is 2.10 bits per heavy atom. The minimum Gasteiger partial charge on any atom is -0.492 e. The maximum atomic E-state index is 6.25. The van der Waals surface area contributed by atoms with Gasteiger partial charge in [-0.1, -0.05) is 17.7 Å². The highest BCUT2D eigenvalue weighted by Crippen LogP contribution is 2.25. The molecule has 114 valence electrons. The summed E-state index contributed by atoms with van der Waals surface area (Å²) in [5.74, 6) is 0.743. The molecule has 0 bridgehead atoms. The predicted octanol–water partition coefficient (Wildman–Crippen LogP) is 3.76. The number of hydrogen-bond donors (Lipinski definition) is 1. The molecular weight excluding hydrogens is 306 g/mol. The summed E-state index contributed by atoms with van der Waals surface area (Å²) in [6.07, 6.45) is 0.903. The Morgan fingerprint density at radius 3 is 2.81 bits per heavy atom. The third-order valence-electron chi connectivity index (χ3n) is 3.04. The number of halogens is 1. The molecule has 0 spiro atoms. The van der Waals surface area contributed by atoms with Gasteiger partial charge in [0, 0.05) is 26.6 Å². The van der Waals surface area contributed by atoms with Crippen molar-refractivity contribution in [2.45, 2.75) is 13.0 Å². The Kier molecular flexibility index (Phi) is 7.03. The lowest BCUT2D eigenvalue weighted by Crippen LogP contribution is -2.18. The number of ether oxygens (including phenoxy) is 2. The van der Waals surface area contributed by atoms with Crippen molar-refractivity contribution >= 4 is 22.9 Å². The maximum Gasteiger partial charge on any atom is 0.137 e. The van der Waals surface area contributed by atoms with E-state index in [1.54, 1.807) is 18.4 Å². The smallest absolute Gasteiger partial charge is 0.137 e. The number of thiophene rings is 1. The van der Waals surface area contributed by atoms with Crippen LogP contribution in [0.15, 0.2) is 35.0 Å². The molecule has 0 aliphatic rings. The molecule has 1 aromatic carbocycles. The SMILES string of the molecule is COCCNCc1ccc(OCCc2ccsc2)c(Cl)c1. The van der Waals surface area contributed by atoms with Gasteiger partial charge in [0.15, 0.2) is 0 Å². The minimum atomic E-state index is 0.641. The van der Waals surface area contributed by atoms with Crippen LogP contribution in [0.5, 0.6) is 5.75 Å². The van der Waals surface area contributed by atoms with Crippen LogP contribution in [0.25, 0.3) is 0 Å². The summed E-state index contributed by atoms with van der Waals surface area (Å²) in [6.45, 7) is 2.95. The van der Waals surface area contributed by atoms with Crippen LogP contribution in [-0.4, -0.2) is 26.9 Å². The van der Waals surface area contributed by atoms with E-state index < -0.39 is 0 Å². The van der Waals surface area contributed by atoms with E-state index in [0.29, 0.717) is 18.2 Å². The lowest BCUT2D eigenvalue weighted by atomic mass is 10.2. The molecule has 3 nitrogen and oxygen atoms in total. The lowest BCUT2D eigenvalue weighted by molar-refractivity contribution is 0.199. The van der Waals surface area contributed by atoms with Crippen molar-refractivity contribution in [3.8, 4) is 5.75 Å². The monoisotopic (exact) mass is 325 g/mol. The van der Waals surface area contributed by atoms with Crippen molar-refractivity contribution in [3.63, 3.8) is 0 Å². The highest BCUT2D eigenvalue weighted by atomic mass is 35.5. The van der Waals surface area contributed by atoms with Gasteiger partial charge in [-0.2, -0.15) is 11.3 Å². The van der Waals surface area contributed by atoms with E-state index in [4.69, 9.17) is 21.1 Å². The number of methoxy groups -OCH3 is 1. The normalized spacial score (nSPS) is 10.8. The maximum absolute atomic E-state index is 6.25. The summed E-state index contributed by atoms with van der Waals surface area (Å²) < 4.78 is 10.7. The molecule has 0 amide bonds. The molecule has 1 aromatic heterocycles. The van der Waals surface area contributed by atoms with Crippen molar-refractivity contribution in [2.75, 3.05) is 26.9 Å². The topological polar surface area (TPSA) is 30.5 Å². The Bertz CT molecular complexity index is 531. The fourth-order valence-corrected chi connectivity index (χ4v) is 2.85. The predicted molar refractivity (Wildman–Crippen MR) is 88.6 cm³/mol. The summed E-state index contributed by atoms with van der Waals surface area (Å²) >= 11 is 7.96. The molecule has 2 rings (SSSR count). The highest BCUT2D eigenvalue weighted by Gasteiger charge is 2.03. The van der Waals surface area contributed by atoms with Gasteiger partial charge in [-0.15, -0.1) is 0 Å². The molecule has 0 aliphatic carbocycles. The summed E-state index contributed by atoms with van der Waals surface area (Å²) in [7, 11) is 1.70. The molecular formula is C16H20ClNO2S. The molecule has 5 heteroatoms. The molecule has 2 aromatic rings. The van der Waals surface area contributed by atoms with Gasteiger partial charge in [-0.3, -0.25) is 0 Å². The van der Waals surface area contributed by atoms with Crippen LogP contribution in [0.3, 0.4) is 0 Å². The standard InChI is InChI=1S/C16H20ClNO2S/c1-19-8-6-18-11-14-2-3-16(15(17)10-14)20-7-4-13-5-9-21-12-13/h2-3,5,9-10,12,18H,4,6-8,11H2,1H3. The Balaban J connectivity index is 1.78. The first-order valence-electron chi connectivity index (χ1n) is 6.91. The molecule has 0 unspecified atom stereocenters. The first-order valence-corrected chi connectivity index (χ1v) is 8.23. The van der Waals surface area contributed by atoms with Gasteiger partial charge < -0.3 is 14.8 Å². The van der Waals surface area contributed by atoms with Crippen LogP contribution in [-0.2, 0) is 17.7 Å². The second kappa shape index (κ2) is 9.05. The van der Waals surface area contributed by atoms with Gasteiger partial charge in [0.1, 0.15) is 5.75 Å². The van der Waals surface area contributed by atoms with E-state index >= 15 is 0 Å². The average Bonchev–Trinajstić information content (AvgIpc) is 2.99. The first kappa shape index (κ1) is 16.3. The summed E-state index contributed by atoms with van der Waals surface area (Å²) in [6, 6.07) is 8.03. The van der Waals surface area contributed by atoms with Crippen molar-refractivity contribution < 1.29 is 9.47 Å². The fourth-order valence-electron chi connectivity index (χ4n) is 1.89. The van der Waals surface area contributed by atoms with Crippen LogP contribution in [0.1, 0.15) is 11.1 Å². The van der Waals surface area contributed by atoms with E-state index in [2.05, 4.69) is 22.1 Å². The van der Waals surface area contributed by atoms with Gasteiger partial charge in [-0.25, -0.2) is 0 Å². The highest BCUT2D eigenvalue weighted by molar-refractivity contribution is 7.07. The van der Waals surface area contributed by atoms with Crippen LogP contribution in [0.4, 0.5) is 0 Å². The van der Waals surface area contributed by atoms with Crippen LogP contribution < -0.4 is 10.1 Å². The molecule has 1 heterocycles. The number of hydrogen-bond acceptors (Lipinski definition) is 4. The Morgan fingerprint density at radius 1 is 1.19 bits per heavy atom. The van der Waals surface area contributed by atoms with Gasteiger partial charge >= 0.3 is 0 Å². The zero-order chi connectivity index (χ0) is 14.9. The van der Waals surface area contributed by atoms with Gasteiger partial charge in [0.05, 0.1) is 18.2 Å². The second-order valence-corrected chi connectivity index (χ2v) is 5.85. The average molecular weight is 326 g/mol. The Hall–Kier alpha value is -1.07. The Labute approximate surface area is 134 Å². The molecule has 0 radical (unpaired) electrons. The van der Waals surface area contributed by atoms with E-state index in [0.717, 1.165) is 30.8 Å². The molecule has 0 aliphatic heterocycles. The number of benzene rings is 1. The summed E-state index contributed by atoms with van der Waals surface area (Å²) in [5, 5.41) is 8.16. The zero-order valence-electron chi connectivity index (χ0n) is 12.1. The van der Waals surface area contributed by atoms with Crippen molar-refractivity contribution in [2.24, 2.45) is 0 Å². The third kappa shape index (κ3) is 5.67. The molecule has 21 heavy (non-hydrogen) atoms. The lowest BCUT2D eigenvalue weighted by Gasteiger charge is -2.10. The molecule has 1 N–H and O–H groups in total. The van der Waals surface area contributed by atoms with Crippen LogP contribution >= 0.6 is 22.9 Å². The van der Waals surface area contributed by atoms with E-state index in [9.17, 15) is 0 Å². The fraction of sp³-hybridized carbons (Fsp3) is 0.375. The second-order valence-electron chi connectivity index (χ2n) is 4.66. The quantitative estimate of drug-likeness (QED) is 0.712. The van der Waals surface area contributed by atoms with Gasteiger partial charge in [0.2, 0.25) is 0 Å². The minimum absolute atomic E-state index is 0.641. The molecule has 0 saturated carbocycles. The van der Waals surface area contributed by atoms with Crippen molar-refractivity contribution in [3.05, 3.63) is 51.2 Å². The van der Waals surface area contributed by atoms with E-state index in [-0.39, 0.29) is 0 Å². The van der Waals surface area contributed by atoms with Crippen molar-refractivity contribution in [1.29, 1.82) is 0 Å². The van der Waals surface area contributed by atoms with Gasteiger partial charge in [-0.05, 0) is 40.1 Å². The van der Waals surface area contributed by atoms with E-state index in [1.165, 1.54) is 5.56 Å². The summed E-state index contributed by atoms with van der Waals surface area (Å²) in [5.41, 5.74) is 2.44. The number of nitrogens with one attached hydrogen (secondary N) is 1. The van der Waals surface area contributed by atoms with Crippen LogP contribution in [0.2, 0.25) is 5.02 Å². The third-order valence-corrected chi connectivity index (χ3v) is 4.06. The summed E-state index contributed by atoms with van der Waals surface area (Å²) in [4.78, 5) is 0.